The van der Waals surface area contributed by atoms with Crippen LogP contribution in [0, 0.1) is 5.82 Å². The molecule has 0 radical (unpaired) electrons. The van der Waals surface area contributed by atoms with Crippen molar-refractivity contribution in [1.82, 2.24) is 4.90 Å². The third-order valence-corrected chi connectivity index (χ3v) is 1.76. The Hall–Kier alpha value is -1.15. The first kappa shape index (κ1) is 4.38. The van der Waals surface area contributed by atoms with E-state index in [1.54, 1.807) is 0 Å². The summed E-state index contributed by atoms with van der Waals surface area (Å²) in [6.07, 6.45) is 0. The van der Waals surface area contributed by atoms with Gasteiger partial charge in [0.2, 0.25) is 0 Å². The molecule has 0 saturated heterocycles. The summed E-state index contributed by atoms with van der Waals surface area (Å²) in [5.74, 6) is -0.458. The number of hydrogen-bond acceptors (Lipinski definition) is 1. The van der Waals surface area contributed by atoms with Crippen LogP contribution in [-0.4, -0.2) is 24.9 Å². The van der Waals surface area contributed by atoms with Gasteiger partial charge >= 0.3 is 0 Å². The minimum atomic E-state index is -2.17. The molecule has 0 saturated carbocycles. The predicted octanol–water partition coefficient (Wildman–Crippen LogP) is 2.15. The maximum Gasteiger partial charge on any atom is 0.123 e. The molecule has 1 nitrogen and oxygen atoms in total. The first-order valence-corrected chi connectivity index (χ1v) is 3.90. The fourth-order valence-electron chi connectivity index (χ4n) is 1.12. The zero-order chi connectivity index (χ0) is 13.7. The molecule has 2 heteroatoms. The van der Waals surface area contributed by atoms with E-state index in [4.69, 9.17) is 6.85 Å². The number of benzene rings is 1. The van der Waals surface area contributed by atoms with Gasteiger partial charge in [-0.05, 0) is 30.3 Å². The SMILES string of the molecule is [2H]C1=C(c2ccc(F)cc2)C([2H])([2H])N(C)C1([2H])[2H]. The van der Waals surface area contributed by atoms with Crippen molar-refractivity contribution in [2.75, 3.05) is 20.0 Å². The monoisotopic (exact) mass is 182 g/mol. The summed E-state index contributed by atoms with van der Waals surface area (Å²) < 4.78 is 51.9. The number of nitrogens with zero attached hydrogens (tertiary/aromatic N) is 1. The van der Waals surface area contributed by atoms with Crippen LogP contribution in [0.4, 0.5) is 4.39 Å². The molecule has 0 bridgehead atoms. The van der Waals surface area contributed by atoms with Crippen molar-refractivity contribution in [2.45, 2.75) is 0 Å². The van der Waals surface area contributed by atoms with Crippen LogP contribution in [0.2, 0.25) is 0 Å². The Morgan fingerprint density at radius 3 is 2.69 bits per heavy atom. The van der Waals surface area contributed by atoms with E-state index in [0.717, 1.165) is 4.90 Å². The van der Waals surface area contributed by atoms with E-state index in [1.165, 1.54) is 31.3 Å². The van der Waals surface area contributed by atoms with Crippen molar-refractivity contribution in [3.05, 3.63) is 41.7 Å². The molecular formula is C11H12FN. The molecule has 0 unspecified atom stereocenters. The molecule has 0 atom stereocenters. The summed E-state index contributed by atoms with van der Waals surface area (Å²) in [5.41, 5.74) is 0.259. The lowest BCUT2D eigenvalue weighted by Gasteiger charge is -2.07. The van der Waals surface area contributed by atoms with Gasteiger partial charge in [0.05, 0.1) is 1.37 Å². The summed E-state index contributed by atoms with van der Waals surface area (Å²) in [5, 5.41) is 0. The molecule has 1 aromatic rings. The van der Waals surface area contributed by atoms with Crippen molar-refractivity contribution >= 4 is 5.57 Å². The lowest BCUT2D eigenvalue weighted by Crippen LogP contribution is -2.13. The molecule has 1 aliphatic rings. The van der Waals surface area contributed by atoms with Gasteiger partial charge < -0.3 is 0 Å². The highest BCUT2D eigenvalue weighted by atomic mass is 19.1. The highest BCUT2D eigenvalue weighted by molar-refractivity contribution is 5.68. The number of hydrogen-bond donors (Lipinski definition) is 0. The molecule has 0 amide bonds. The molecule has 0 fully saturated rings. The second-order valence-electron chi connectivity index (χ2n) is 2.79. The van der Waals surface area contributed by atoms with Gasteiger partial charge in [-0.2, -0.15) is 0 Å². The molecule has 0 N–H and O–H groups in total. The van der Waals surface area contributed by atoms with Crippen LogP contribution < -0.4 is 0 Å². The average Bonchev–Trinajstić information content (AvgIpc) is 2.40. The summed E-state index contributed by atoms with van der Waals surface area (Å²) in [6, 6.07) is 4.61. The van der Waals surface area contributed by atoms with E-state index in [9.17, 15) is 4.39 Å². The first-order chi connectivity index (χ1) is 8.19. The molecule has 0 aromatic heterocycles. The van der Waals surface area contributed by atoms with E-state index >= 15 is 0 Å². The molecule has 0 aliphatic carbocycles. The summed E-state index contributed by atoms with van der Waals surface area (Å²) >= 11 is 0. The highest BCUT2D eigenvalue weighted by Gasteiger charge is 2.10. The standard InChI is InChI=1S/C11H12FN/c1-13-7-6-10(8-13)9-2-4-11(12)5-3-9/h2-6H,7-8H2,1H3/i6D,7D2,8D2. The quantitative estimate of drug-likeness (QED) is 0.643. The highest BCUT2D eigenvalue weighted by Crippen LogP contribution is 2.19. The van der Waals surface area contributed by atoms with E-state index in [2.05, 4.69) is 0 Å². The van der Waals surface area contributed by atoms with E-state index in [1.807, 2.05) is 0 Å². The lowest BCUT2D eigenvalue weighted by atomic mass is 10.1. The van der Waals surface area contributed by atoms with E-state index in [0.29, 0.717) is 5.56 Å². The second-order valence-corrected chi connectivity index (χ2v) is 2.79. The van der Waals surface area contributed by atoms with Gasteiger partial charge in [-0.15, -0.1) is 0 Å². The van der Waals surface area contributed by atoms with E-state index in [-0.39, 0.29) is 5.57 Å². The van der Waals surface area contributed by atoms with Gasteiger partial charge in [-0.1, -0.05) is 18.2 Å². The van der Waals surface area contributed by atoms with Crippen LogP contribution in [0.5, 0.6) is 0 Å². The van der Waals surface area contributed by atoms with Crippen molar-refractivity contribution in [3.63, 3.8) is 0 Å². The minimum Gasteiger partial charge on any atom is -0.298 e. The average molecular weight is 182 g/mol. The first-order valence-electron chi connectivity index (χ1n) is 6.40. The smallest absolute Gasteiger partial charge is 0.123 e. The Bertz CT molecular complexity index is 509. The maximum atomic E-state index is 12.9. The van der Waals surface area contributed by atoms with E-state index < -0.39 is 24.9 Å². The Morgan fingerprint density at radius 1 is 1.46 bits per heavy atom. The predicted molar refractivity (Wildman–Crippen MR) is 51.9 cm³/mol. The zero-order valence-electron chi connectivity index (χ0n) is 12.1. The molecule has 2 rings (SSSR count). The molecule has 1 heterocycles. The fraction of sp³-hybridized carbons (Fsp3) is 0.273. The Morgan fingerprint density at radius 2 is 2.15 bits per heavy atom. The zero-order valence-corrected chi connectivity index (χ0v) is 7.13. The van der Waals surface area contributed by atoms with Crippen molar-refractivity contribution in [1.29, 1.82) is 0 Å². The summed E-state index contributed by atoms with van der Waals surface area (Å²) in [4.78, 5) is 0.862. The molecule has 1 aliphatic heterocycles. The molecule has 13 heavy (non-hydrogen) atoms. The largest absolute Gasteiger partial charge is 0.298 e. The topological polar surface area (TPSA) is 3.24 Å². The van der Waals surface area contributed by atoms with Crippen LogP contribution in [0.25, 0.3) is 5.57 Å². The Labute approximate surface area is 84.5 Å². The van der Waals surface area contributed by atoms with Gasteiger partial charge in [0.1, 0.15) is 5.82 Å². The number of halogens is 1. The maximum absolute atomic E-state index is 12.9. The van der Waals surface area contributed by atoms with Crippen LogP contribution in [0.3, 0.4) is 0 Å². The Balaban J connectivity index is 2.61. The summed E-state index contributed by atoms with van der Waals surface area (Å²) in [6.45, 7) is -4.27. The van der Waals surface area contributed by atoms with Crippen LogP contribution in [0.1, 0.15) is 12.4 Å². The number of likely N-dealkylation sites (N-methyl/N-ethyl adjacent to an activating group) is 1. The fourth-order valence-corrected chi connectivity index (χ4v) is 1.12. The third-order valence-electron chi connectivity index (χ3n) is 1.76. The molecule has 1 aromatic carbocycles. The van der Waals surface area contributed by atoms with Crippen molar-refractivity contribution in [2.24, 2.45) is 0 Å². The molecule has 0 spiro atoms. The minimum absolute atomic E-state index is 0.0602. The van der Waals surface area contributed by atoms with Crippen LogP contribution in [-0.2, 0) is 0 Å². The third kappa shape index (κ3) is 1.78. The molecule has 68 valence electrons. The normalized spacial score (nSPS) is 31.7. The van der Waals surface area contributed by atoms with Gasteiger partial charge in [-0.25, -0.2) is 4.39 Å². The van der Waals surface area contributed by atoms with Crippen molar-refractivity contribution in [3.8, 4) is 0 Å². The van der Waals surface area contributed by atoms with Crippen LogP contribution >= 0.6 is 0 Å². The van der Waals surface area contributed by atoms with Crippen molar-refractivity contribution < 1.29 is 11.2 Å². The second kappa shape index (κ2) is 3.30. The lowest BCUT2D eigenvalue weighted by molar-refractivity contribution is 0.438. The van der Waals surface area contributed by atoms with Gasteiger partial charge in [0, 0.05) is 18.5 Å². The van der Waals surface area contributed by atoms with Crippen LogP contribution in [0.15, 0.2) is 30.3 Å². The molecular weight excluding hydrogens is 165 g/mol. The number of rotatable bonds is 1. The Kier molecular flexibility index (Phi) is 1.11. The summed E-state index contributed by atoms with van der Waals surface area (Å²) in [7, 11) is 1.28. The van der Waals surface area contributed by atoms with Gasteiger partial charge in [0.25, 0.3) is 0 Å². The van der Waals surface area contributed by atoms with Gasteiger partial charge in [0.15, 0.2) is 0 Å². The van der Waals surface area contributed by atoms with Gasteiger partial charge in [-0.3, -0.25) is 4.90 Å².